The predicted octanol–water partition coefficient (Wildman–Crippen LogP) is 20.6. The fourth-order valence-electron chi connectivity index (χ4n) is 11.6. The van der Waals surface area contributed by atoms with Gasteiger partial charge >= 0.3 is 0 Å². The predicted molar refractivity (Wildman–Crippen MR) is 465 cm³/mol. The van der Waals surface area contributed by atoms with Crippen molar-refractivity contribution in [3.05, 3.63) is 60.2 Å². The summed E-state index contributed by atoms with van der Waals surface area (Å²) in [5.41, 5.74) is 2.75. The van der Waals surface area contributed by atoms with Crippen molar-refractivity contribution in [3.63, 3.8) is 0 Å². The van der Waals surface area contributed by atoms with Crippen LogP contribution in [0, 0.1) is 71.4 Å². The van der Waals surface area contributed by atoms with Crippen LogP contribution in [0.3, 0.4) is 0 Å². The molecule has 0 radical (unpaired) electrons. The molecule has 0 aromatic carbocycles. The largest absolute Gasteiger partial charge is 0.463 e. The highest BCUT2D eigenvalue weighted by Crippen LogP contribution is 2.45. The summed E-state index contributed by atoms with van der Waals surface area (Å²) < 4.78 is 19.0. The van der Waals surface area contributed by atoms with Gasteiger partial charge < -0.3 is 36.4 Å². The van der Waals surface area contributed by atoms with E-state index in [0.29, 0.717) is 47.3 Å². The number of hydrogen-bond donors (Lipinski definition) is 8. The zero-order valence-electron chi connectivity index (χ0n) is 75.8. The van der Waals surface area contributed by atoms with E-state index < -0.39 is 20.9 Å². The third-order valence-electron chi connectivity index (χ3n) is 17.7. The lowest BCUT2D eigenvalue weighted by Crippen LogP contribution is -2.48. The highest BCUT2D eigenvalue weighted by atomic mass is 32.2. The minimum absolute atomic E-state index is 0.0202. The van der Waals surface area contributed by atoms with Crippen LogP contribution < -0.4 is 36.6 Å². The molecule has 17 nitrogen and oxygen atoms in total. The first-order chi connectivity index (χ1) is 47.6. The van der Waals surface area contributed by atoms with Crippen molar-refractivity contribution in [2.24, 2.45) is 71.4 Å². The Bertz CT molecular complexity index is 2900. The maximum absolute atomic E-state index is 11.6. The summed E-state index contributed by atoms with van der Waals surface area (Å²) in [6.45, 7) is 96.0. The van der Waals surface area contributed by atoms with Gasteiger partial charge in [0.15, 0.2) is 11.5 Å². The van der Waals surface area contributed by atoms with E-state index in [0.717, 1.165) is 85.7 Å². The Morgan fingerprint density at radius 2 is 0.935 bits per heavy atom. The average Bonchev–Trinajstić information content (AvgIpc) is 1.61. The van der Waals surface area contributed by atoms with Gasteiger partial charge in [-0.05, 0) is 138 Å². The third-order valence-corrected chi connectivity index (χ3v) is 21.4. The summed E-state index contributed by atoms with van der Waals surface area (Å²) in [7, 11) is -2.32. The molecule has 20 heteroatoms. The molecule has 7 aliphatic rings. The van der Waals surface area contributed by atoms with Crippen LogP contribution in [0.15, 0.2) is 60.2 Å². The Balaban J connectivity index is -0.00000115. The van der Waals surface area contributed by atoms with E-state index >= 15 is 0 Å². The van der Waals surface area contributed by atoms with Crippen LogP contribution in [0.25, 0.3) is 0 Å². The van der Waals surface area contributed by atoms with Crippen LogP contribution in [0.4, 0.5) is 0 Å². The standard InChI is InChI=1S/C11H21NO2.C11H19NO.C10H17NO2.C10H17NOS.C10H17NO.C9H17NO2S.C9H15NOS.3C6H14/c1-10(2,3)7-9(13)12-8-11(14)5-4-6-11;1-8-6-11(5,9(13)12-8)7-10(2,3)4;2*1-7-11-8(12)10(5,13-7)6-9(2,3)4;1-7-5-8(9(12)11-7)6-10(2,3)4;1-9(2,3)5-7-6-13(4,12)10-8(7)11;1-6-10-8(11)7(12-6)5-9(2,3)4;3*1-5-6(2,3)4/h14H,4-8H2,1-3H3,(H,12,13);1,6-7H2,2-5H3,(H,12,13);2*1,6H2,2-5H3,(H,11,12);8H,1,5-6H2,2-4H3,(H,11,12);7H,4-6H2,1-3H3,(H,10,11,12);7H,1,5H2,2-4H3,(H,10,11);3*5H2,1-4H3. The molecule has 6 aliphatic heterocycles. The quantitative estimate of drug-likeness (QED) is 0.100. The van der Waals surface area contributed by atoms with E-state index in [9.17, 15) is 42.9 Å². The lowest BCUT2D eigenvalue weighted by molar-refractivity contribution is -0.132. The first-order valence-corrected chi connectivity index (χ1v) is 42.9. The van der Waals surface area contributed by atoms with Crippen LogP contribution in [-0.4, -0.2) is 90.0 Å². The minimum atomic E-state index is -2.32. The number of thioether (sulfide) groups is 2. The number of hydrogen-bond acceptors (Lipinski definition) is 12. The van der Waals surface area contributed by atoms with Gasteiger partial charge in [-0.25, -0.2) is 4.21 Å². The van der Waals surface area contributed by atoms with Crippen molar-refractivity contribution >= 4 is 80.5 Å². The molecule has 7 amide bonds. The zero-order chi connectivity index (χ0) is 86.3. The van der Waals surface area contributed by atoms with Gasteiger partial charge in [0.2, 0.25) is 35.4 Å². The SMILES string of the molecule is C=C1CC(C)(CC(C)(C)C)C(=O)N1.C=C1CC(CC(C)(C)C)C(=O)N1.C=C1NC(=O)C(C)(CC(C)(C)C)O1.C=C1NC(=O)C(C)(CC(C)(C)C)S1.C=C1NC(=O)C(CC(C)(C)C)S1.C=S1(=O)CC(CC(C)(C)C)C(=O)N1.CC(C)(C)CC(=O)NCC1(O)CCC1.CCC(C)(C)C.CCC(C)(C)C.CCC(C)(C)C. The van der Waals surface area contributed by atoms with E-state index in [-0.39, 0.29) is 107 Å². The number of rotatable bonds is 9. The molecule has 8 N–H and O–H groups in total. The monoisotopic (exact) mass is 1580 g/mol. The summed E-state index contributed by atoms with van der Waals surface area (Å²) >= 11 is 3.09. The molecule has 1 saturated carbocycles. The van der Waals surface area contributed by atoms with E-state index in [1.165, 1.54) is 19.3 Å². The van der Waals surface area contributed by atoms with Crippen molar-refractivity contribution in [1.82, 2.24) is 36.6 Å². The lowest BCUT2D eigenvalue weighted by Gasteiger charge is -2.36. The number of allylic oxidation sites excluding steroid dienone is 2. The first-order valence-electron chi connectivity index (χ1n) is 39.3. The molecule has 7 atom stereocenters. The lowest BCUT2D eigenvalue weighted by atomic mass is 9.74. The molecule has 0 aromatic heterocycles. The Kier molecular flexibility index (Phi) is 42.4. The molecular formula is C88H165N7O10S3. The second kappa shape index (κ2) is 42.5. The van der Waals surface area contributed by atoms with Gasteiger partial charge in [0, 0.05) is 58.6 Å². The van der Waals surface area contributed by atoms with Crippen molar-refractivity contribution in [1.29, 1.82) is 0 Å². The molecule has 0 aromatic rings. The van der Waals surface area contributed by atoms with Gasteiger partial charge in [0.1, 0.15) is 0 Å². The van der Waals surface area contributed by atoms with Crippen molar-refractivity contribution < 1.29 is 47.6 Å². The molecule has 0 bridgehead atoms. The Labute approximate surface area is 671 Å². The van der Waals surface area contributed by atoms with Crippen LogP contribution in [0.1, 0.15) is 346 Å². The van der Waals surface area contributed by atoms with Crippen LogP contribution in [-0.2, 0) is 48.0 Å². The van der Waals surface area contributed by atoms with Crippen LogP contribution >= 0.6 is 23.5 Å². The number of ether oxygens (including phenoxy) is 1. The molecule has 108 heavy (non-hydrogen) atoms. The maximum Gasteiger partial charge on any atom is 0.270 e. The molecule has 630 valence electrons. The molecule has 0 spiro atoms. The van der Waals surface area contributed by atoms with E-state index in [1.807, 2.05) is 34.6 Å². The first kappa shape index (κ1) is 108. The molecule has 7 fully saturated rings. The number of aliphatic hydroxyl groups is 1. The zero-order valence-corrected chi connectivity index (χ0v) is 78.3. The average molecular weight is 1580 g/mol. The van der Waals surface area contributed by atoms with E-state index in [2.05, 4.69) is 283 Å². The van der Waals surface area contributed by atoms with Crippen molar-refractivity contribution in [2.45, 2.75) is 367 Å². The number of amides is 7. The highest BCUT2D eigenvalue weighted by molar-refractivity contribution is 8.05. The molecule has 6 heterocycles. The topological polar surface area (TPSA) is 250 Å². The summed E-state index contributed by atoms with van der Waals surface area (Å²) in [5, 5.41) is 27.8. The van der Waals surface area contributed by atoms with Gasteiger partial charge in [0.05, 0.1) is 37.0 Å². The summed E-state index contributed by atoms with van der Waals surface area (Å²) in [6.07, 6.45) is 13.7. The van der Waals surface area contributed by atoms with E-state index in [1.54, 1.807) is 30.4 Å². The van der Waals surface area contributed by atoms with E-state index in [4.69, 9.17) is 4.74 Å². The Morgan fingerprint density at radius 3 is 1.20 bits per heavy atom. The normalized spacial score (nSPS) is 24.7. The maximum atomic E-state index is 11.6. The Hall–Kier alpha value is -4.53. The van der Waals surface area contributed by atoms with Gasteiger partial charge in [-0.1, -0.05) is 305 Å². The van der Waals surface area contributed by atoms with Crippen LogP contribution in [0.2, 0.25) is 0 Å². The van der Waals surface area contributed by atoms with Gasteiger partial charge in [0.25, 0.3) is 5.91 Å². The Morgan fingerprint density at radius 1 is 0.509 bits per heavy atom. The van der Waals surface area contributed by atoms with Gasteiger partial charge in [-0.2, -0.15) is 0 Å². The van der Waals surface area contributed by atoms with Crippen LogP contribution in [0.5, 0.6) is 0 Å². The fourth-order valence-corrected chi connectivity index (χ4v) is 15.8. The highest BCUT2D eigenvalue weighted by Gasteiger charge is 2.46. The molecule has 6 saturated heterocycles. The summed E-state index contributed by atoms with van der Waals surface area (Å²) in [4.78, 5) is 80.0. The second-order valence-corrected chi connectivity index (χ2v) is 48.8. The summed E-state index contributed by atoms with van der Waals surface area (Å²) in [6, 6.07) is 0. The van der Waals surface area contributed by atoms with Crippen molar-refractivity contribution in [3.8, 4) is 0 Å². The van der Waals surface area contributed by atoms with Gasteiger partial charge in [-0.15, -0.1) is 0 Å². The fraction of sp³-hybridized carbons (Fsp3) is 0.795. The van der Waals surface area contributed by atoms with Gasteiger partial charge in [-0.3, -0.25) is 43.6 Å². The summed E-state index contributed by atoms with van der Waals surface area (Å²) in [5.74, 6) is 4.61. The number of carbonyl (C=O) groups is 7. The molecule has 1 aliphatic carbocycles. The molecule has 7 rings (SSSR count). The number of carbonyl (C=O) groups excluding carboxylic acids is 7. The smallest absolute Gasteiger partial charge is 0.270 e. The number of nitrogens with one attached hydrogen (secondary N) is 7. The minimum Gasteiger partial charge on any atom is -0.463 e. The third kappa shape index (κ3) is 52.7. The van der Waals surface area contributed by atoms with Crippen molar-refractivity contribution in [2.75, 3.05) is 12.3 Å². The molecule has 7 unspecified atom stereocenters. The second-order valence-electron chi connectivity index (χ2n) is 43.7. The molecular weight excluding hydrogens is 1410 g/mol.